The van der Waals surface area contributed by atoms with Gasteiger partial charge in [0, 0.05) is 0 Å². The number of aliphatic hydroxyl groups excluding tert-OH is 2. The summed E-state index contributed by atoms with van der Waals surface area (Å²) in [4.78, 5) is 0. The third-order valence-electron chi connectivity index (χ3n) is 8.19. The van der Waals surface area contributed by atoms with Crippen LogP contribution in [0.2, 0.25) is 0 Å². The quantitative estimate of drug-likeness (QED) is 0.326. The average molecular weight is 435 g/mol. The standard InChI is InChI=1S/C28H50O3/c1-6-11-23(29)20-24(30)15-8-7-13-22-14-10-19-28(5)25(16-17-26(22)28)21(2)12-9-18-27(3,4)31/h7-8,13,21,23-26,29-31H,6,9-12,14-20H2,1-5H3/b8-7+,22-13+/t21-,23+,24+,25+,26-,28+/m0/s1. The summed E-state index contributed by atoms with van der Waals surface area (Å²) in [5.41, 5.74) is 1.48. The van der Waals surface area contributed by atoms with Crippen LogP contribution in [0.25, 0.3) is 0 Å². The molecule has 0 aromatic heterocycles. The van der Waals surface area contributed by atoms with Crippen LogP contribution in [0.15, 0.2) is 23.8 Å². The van der Waals surface area contributed by atoms with E-state index in [1.165, 1.54) is 38.5 Å². The molecule has 3 N–H and O–H groups in total. The van der Waals surface area contributed by atoms with Crippen molar-refractivity contribution in [2.24, 2.45) is 23.2 Å². The van der Waals surface area contributed by atoms with E-state index in [0.717, 1.165) is 37.5 Å². The van der Waals surface area contributed by atoms with Gasteiger partial charge in [0.25, 0.3) is 0 Å². The molecule has 3 heteroatoms. The molecule has 0 saturated heterocycles. The first kappa shape index (κ1) is 26.6. The monoisotopic (exact) mass is 434 g/mol. The Morgan fingerprint density at radius 1 is 1.16 bits per heavy atom. The lowest BCUT2D eigenvalue weighted by atomic mass is 9.60. The number of allylic oxidation sites excluding steroid dienone is 3. The fourth-order valence-electron chi connectivity index (χ4n) is 6.56. The molecule has 2 aliphatic carbocycles. The molecule has 0 amide bonds. The Kier molecular flexibility index (Phi) is 10.3. The largest absolute Gasteiger partial charge is 0.393 e. The minimum absolute atomic E-state index is 0.383. The lowest BCUT2D eigenvalue weighted by molar-refractivity contribution is 0.0596. The third-order valence-corrected chi connectivity index (χ3v) is 8.19. The lowest BCUT2D eigenvalue weighted by Crippen LogP contribution is -2.36. The van der Waals surface area contributed by atoms with Gasteiger partial charge >= 0.3 is 0 Å². The fraction of sp³-hybridized carbons (Fsp3) is 0.857. The Morgan fingerprint density at radius 2 is 1.90 bits per heavy atom. The molecule has 31 heavy (non-hydrogen) atoms. The van der Waals surface area contributed by atoms with Crippen molar-refractivity contribution in [3.05, 3.63) is 23.8 Å². The van der Waals surface area contributed by atoms with Crippen LogP contribution in [0.5, 0.6) is 0 Å². The fourth-order valence-corrected chi connectivity index (χ4v) is 6.56. The number of rotatable bonds is 12. The summed E-state index contributed by atoms with van der Waals surface area (Å²) in [6.45, 7) is 10.9. The molecule has 0 unspecified atom stereocenters. The van der Waals surface area contributed by atoms with Gasteiger partial charge in [-0.15, -0.1) is 0 Å². The Hall–Kier alpha value is -0.640. The maximum Gasteiger partial charge on any atom is 0.0599 e. The molecular weight excluding hydrogens is 384 g/mol. The van der Waals surface area contributed by atoms with E-state index in [9.17, 15) is 15.3 Å². The molecule has 0 aliphatic heterocycles. The molecule has 0 bridgehead atoms. The zero-order chi connectivity index (χ0) is 23.1. The topological polar surface area (TPSA) is 60.7 Å². The van der Waals surface area contributed by atoms with Crippen molar-refractivity contribution in [3.63, 3.8) is 0 Å². The van der Waals surface area contributed by atoms with Crippen molar-refractivity contribution in [2.45, 2.75) is 129 Å². The van der Waals surface area contributed by atoms with Crippen molar-refractivity contribution >= 4 is 0 Å². The number of hydrogen-bond donors (Lipinski definition) is 3. The molecule has 2 fully saturated rings. The average Bonchev–Trinajstić information content (AvgIpc) is 3.02. The number of fused-ring (bicyclic) bond motifs is 1. The van der Waals surface area contributed by atoms with Crippen LogP contribution in [0.1, 0.15) is 112 Å². The predicted octanol–water partition coefficient (Wildman–Crippen LogP) is 6.56. The zero-order valence-corrected chi connectivity index (χ0v) is 20.9. The molecular formula is C28H50O3. The maximum atomic E-state index is 10.1. The van der Waals surface area contributed by atoms with Gasteiger partial charge < -0.3 is 15.3 Å². The van der Waals surface area contributed by atoms with Gasteiger partial charge in [-0.3, -0.25) is 0 Å². The van der Waals surface area contributed by atoms with Crippen LogP contribution < -0.4 is 0 Å². The van der Waals surface area contributed by atoms with Crippen molar-refractivity contribution in [1.29, 1.82) is 0 Å². The second-order valence-corrected chi connectivity index (χ2v) is 11.5. The molecule has 0 aromatic carbocycles. The van der Waals surface area contributed by atoms with Gasteiger partial charge in [-0.1, -0.05) is 63.8 Å². The Morgan fingerprint density at radius 3 is 2.58 bits per heavy atom. The molecule has 0 radical (unpaired) electrons. The van der Waals surface area contributed by atoms with E-state index in [-0.39, 0.29) is 6.10 Å². The first-order chi connectivity index (χ1) is 14.6. The number of hydrogen-bond acceptors (Lipinski definition) is 3. The molecule has 2 rings (SSSR count). The summed E-state index contributed by atoms with van der Waals surface area (Å²) in [5.74, 6) is 2.20. The van der Waals surface area contributed by atoms with E-state index in [1.54, 1.807) is 5.57 Å². The summed E-state index contributed by atoms with van der Waals surface area (Å²) in [6, 6.07) is 0. The van der Waals surface area contributed by atoms with Crippen LogP contribution in [0.3, 0.4) is 0 Å². The van der Waals surface area contributed by atoms with E-state index in [2.05, 4.69) is 39.0 Å². The predicted molar refractivity (Wildman–Crippen MR) is 131 cm³/mol. The van der Waals surface area contributed by atoms with Crippen molar-refractivity contribution in [3.8, 4) is 0 Å². The molecule has 180 valence electrons. The summed E-state index contributed by atoms with van der Waals surface area (Å²) in [7, 11) is 0. The van der Waals surface area contributed by atoms with E-state index >= 15 is 0 Å². The maximum absolute atomic E-state index is 10.1. The van der Waals surface area contributed by atoms with E-state index < -0.39 is 11.7 Å². The first-order valence-corrected chi connectivity index (χ1v) is 13.0. The highest BCUT2D eigenvalue weighted by Gasteiger charge is 2.50. The summed E-state index contributed by atoms with van der Waals surface area (Å²) in [6.07, 6.45) is 18.2. The normalized spacial score (nSPS) is 31.2. The SMILES string of the molecule is CCC[C@@H](O)C[C@H](O)C/C=C/C=C1\CCC[C@]2(C)[C@@H]([C@@H](C)CCCC(C)(C)O)CC[C@@H]12. The van der Waals surface area contributed by atoms with Crippen LogP contribution >= 0.6 is 0 Å². The van der Waals surface area contributed by atoms with E-state index in [4.69, 9.17) is 0 Å². The first-order valence-electron chi connectivity index (χ1n) is 13.0. The van der Waals surface area contributed by atoms with Crippen molar-refractivity contribution in [2.75, 3.05) is 0 Å². The number of aliphatic hydroxyl groups is 3. The van der Waals surface area contributed by atoms with Gasteiger partial charge in [-0.25, -0.2) is 0 Å². The highest BCUT2D eigenvalue weighted by atomic mass is 16.3. The summed E-state index contributed by atoms with van der Waals surface area (Å²) in [5, 5.41) is 30.0. The van der Waals surface area contributed by atoms with Gasteiger partial charge in [0.05, 0.1) is 17.8 Å². The Bertz CT molecular complexity index is 588. The Balaban J connectivity index is 1.91. The van der Waals surface area contributed by atoms with E-state index in [0.29, 0.717) is 24.2 Å². The lowest BCUT2D eigenvalue weighted by Gasteiger charge is -2.44. The third kappa shape index (κ3) is 8.02. The molecule has 2 aliphatic rings. The highest BCUT2D eigenvalue weighted by Crippen LogP contribution is 2.59. The van der Waals surface area contributed by atoms with E-state index in [1.807, 2.05) is 13.8 Å². The van der Waals surface area contributed by atoms with Gasteiger partial charge in [0.15, 0.2) is 0 Å². The minimum atomic E-state index is -0.545. The minimum Gasteiger partial charge on any atom is -0.393 e. The van der Waals surface area contributed by atoms with Crippen LogP contribution in [0.4, 0.5) is 0 Å². The van der Waals surface area contributed by atoms with Gasteiger partial charge in [0.1, 0.15) is 0 Å². The summed E-state index contributed by atoms with van der Waals surface area (Å²) < 4.78 is 0. The van der Waals surface area contributed by atoms with Crippen molar-refractivity contribution < 1.29 is 15.3 Å². The smallest absolute Gasteiger partial charge is 0.0599 e. The second-order valence-electron chi connectivity index (χ2n) is 11.5. The highest BCUT2D eigenvalue weighted by molar-refractivity contribution is 5.23. The Labute approximate surface area is 192 Å². The summed E-state index contributed by atoms with van der Waals surface area (Å²) >= 11 is 0. The molecule has 0 heterocycles. The van der Waals surface area contributed by atoms with Gasteiger partial charge in [0.2, 0.25) is 0 Å². The molecule has 2 saturated carbocycles. The molecule has 3 nitrogen and oxygen atoms in total. The molecule has 6 atom stereocenters. The molecule has 0 aromatic rings. The van der Waals surface area contributed by atoms with Crippen LogP contribution in [-0.4, -0.2) is 33.1 Å². The van der Waals surface area contributed by atoms with Crippen molar-refractivity contribution in [1.82, 2.24) is 0 Å². The van der Waals surface area contributed by atoms with Gasteiger partial charge in [-0.2, -0.15) is 0 Å². The van der Waals surface area contributed by atoms with Crippen LogP contribution in [-0.2, 0) is 0 Å². The van der Waals surface area contributed by atoms with Gasteiger partial charge in [-0.05, 0) is 94.8 Å². The molecule has 0 spiro atoms. The second kappa shape index (κ2) is 12.0. The zero-order valence-electron chi connectivity index (χ0n) is 20.9. The van der Waals surface area contributed by atoms with Crippen LogP contribution in [0, 0.1) is 23.2 Å².